The predicted molar refractivity (Wildman–Crippen MR) is 75.9 cm³/mol. The van der Waals surface area contributed by atoms with Crippen LogP contribution in [0.5, 0.6) is 0 Å². The molecule has 3 rings (SSSR count). The molecule has 3 atom stereocenters. The zero-order valence-electron chi connectivity index (χ0n) is 12.1. The van der Waals surface area contributed by atoms with E-state index in [0.29, 0.717) is 0 Å². The molecule has 0 aromatic rings. The van der Waals surface area contributed by atoms with Gasteiger partial charge in [0, 0.05) is 30.7 Å². The zero-order valence-corrected chi connectivity index (χ0v) is 12.1. The lowest BCUT2D eigenvalue weighted by atomic mass is 9.98. The van der Waals surface area contributed by atoms with E-state index < -0.39 is 0 Å². The van der Waals surface area contributed by atoms with Crippen molar-refractivity contribution in [2.24, 2.45) is 0 Å². The summed E-state index contributed by atoms with van der Waals surface area (Å²) in [6, 6.07) is 3.24. The van der Waals surface area contributed by atoms with E-state index in [4.69, 9.17) is 0 Å². The molecule has 0 amide bonds. The van der Waals surface area contributed by atoms with Crippen LogP contribution in [0.3, 0.4) is 0 Å². The lowest BCUT2D eigenvalue weighted by Crippen LogP contribution is -2.50. The van der Waals surface area contributed by atoms with Crippen molar-refractivity contribution in [3.63, 3.8) is 0 Å². The minimum atomic E-state index is 0.727. The van der Waals surface area contributed by atoms with Crippen LogP contribution in [0.25, 0.3) is 0 Å². The Morgan fingerprint density at radius 3 is 2.33 bits per heavy atom. The lowest BCUT2D eigenvalue weighted by Gasteiger charge is -2.37. The third-order valence-electron chi connectivity index (χ3n) is 5.56. The van der Waals surface area contributed by atoms with E-state index in [0.717, 1.165) is 24.2 Å². The van der Waals surface area contributed by atoms with E-state index in [9.17, 15) is 0 Å². The molecule has 3 aliphatic heterocycles. The Morgan fingerprint density at radius 1 is 1.11 bits per heavy atom. The fourth-order valence-electron chi connectivity index (χ4n) is 4.23. The summed E-state index contributed by atoms with van der Waals surface area (Å²) >= 11 is 0. The van der Waals surface area contributed by atoms with Crippen molar-refractivity contribution in [2.75, 3.05) is 26.7 Å². The molecule has 104 valence electrons. The van der Waals surface area contributed by atoms with Crippen LogP contribution in [0.4, 0.5) is 0 Å². The van der Waals surface area contributed by atoms with Gasteiger partial charge in [-0.15, -0.1) is 0 Å². The Morgan fingerprint density at radius 2 is 1.72 bits per heavy atom. The van der Waals surface area contributed by atoms with Crippen LogP contribution < -0.4 is 5.32 Å². The first-order valence-corrected chi connectivity index (χ1v) is 7.93. The molecule has 1 N–H and O–H groups in total. The van der Waals surface area contributed by atoms with Crippen LogP contribution in [0.15, 0.2) is 0 Å². The number of nitrogens with one attached hydrogen (secondary N) is 1. The largest absolute Gasteiger partial charge is 0.312 e. The number of likely N-dealkylation sites (tertiary alicyclic amines) is 1. The van der Waals surface area contributed by atoms with Gasteiger partial charge in [-0.2, -0.15) is 0 Å². The van der Waals surface area contributed by atoms with Crippen LogP contribution in [0.1, 0.15) is 45.4 Å². The highest BCUT2D eigenvalue weighted by Gasteiger charge is 2.38. The van der Waals surface area contributed by atoms with E-state index in [1.807, 2.05) is 0 Å². The van der Waals surface area contributed by atoms with Gasteiger partial charge in [-0.1, -0.05) is 0 Å². The summed E-state index contributed by atoms with van der Waals surface area (Å²) in [6.07, 6.45) is 8.42. The van der Waals surface area contributed by atoms with Gasteiger partial charge in [-0.25, -0.2) is 0 Å². The molecular weight excluding hydrogens is 222 g/mol. The topological polar surface area (TPSA) is 18.5 Å². The fraction of sp³-hybridized carbons (Fsp3) is 1.00. The Bertz CT molecular complexity index is 261. The summed E-state index contributed by atoms with van der Waals surface area (Å²) in [5.74, 6) is 0. The normalized spacial score (nSPS) is 39.3. The van der Waals surface area contributed by atoms with Crippen LogP contribution in [0, 0.1) is 0 Å². The Hall–Kier alpha value is -0.120. The number of hydrogen-bond acceptors (Lipinski definition) is 3. The van der Waals surface area contributed by atoms with Crippen LogP contribution in [-0.4, -0.2) is 60.6 Å². The first kappa shape index (κ1) is 12.9. The SMILES string of the molecule is CC(CNC1CC2CCC(C1)N2C)N1CCCC1. The standard InChI is InChI=1S/C15H29N3/c1-12(18-7-3-4-8-18)11-16-13-9-14-5-6-15(10-13)17(14)2/h12-16H,3-11H2,1-2H3. The average Bonchev–Trinajstić information content (AvgIpc) is 2.94. The van der Waals surface area contributed by atoms with Crippen molar-refractivity contribution in [3.8, 4) is 0 Å². The highest BCUT2D eigenvalue weighted by molar-refractivity contribution is 4.96. The second kappa shape index (κ2) is 5.48. The van der Waals surface area contributed by atoms with Gasteiger partial charge in [0.15, 0.2) is 0 Å². The summed E-state index contributed by atoms with van der Waals surface area (Å²) in [5.41, 5.74) is 0. The molecule has 0 aromatic heterocycles. The van der Waals surface area contributed by atoms with E-state index in [2.05, 4.69) is 29.1 Å². The molecule has 18 heavy (non-hydrogen) atoms. The molecule has 0 aromatic carbocycles. The van der Waals surface area contributed by atoms with Gasteiger partial charge < -0.3 is 10.2 Å². The fourth-order valence-corrected chi connectivity index (χ4v) is 4.23. The molecule has 3 fully saturated rings. The van der Waals surface area contributed by atoms with Gasteiger partial charge in [-0.3, -0.25) is 4.90 Å². The molecule has 0 radical (unpaired) electrons. The van der Waals surface area contributed by atoms with Gasteiger partial charge in [-0.05, 0) is 65.6 Å². The first-order chi connectivity index (χ1) is 8.74. The number of fused-ring (bicyclic) bond motifs is 2. The second-order valence-corrected chi connectivity index (χ2v) is 6.72. The van der Waals surface area contributed by atoms with Crippen molar-refractivity contribution in [3.05, 3.63) is 0 Å². The van der Waals surface area contributed by atoms with Crippen molar-refractivity contribution in [1.82, 2.24) is 15.1 Å². The van der Waals surface area contributed by atoms with E-state index in [1.54, 1.807) is 0 Å². The average molecular weight is 251 g/mol. The zero-order chi connectivity index (χ0) is 12.5. The molecular formula is C15H29N3. The van der Waals surface area contributed by atoms with Crippen LogP contribution in [0.2, 0.25) is 0 Å². The van der Waals surface area contributed by atoms with Crippen LogP contribution >= 0.6 is 0 Å². The summed E-state index contributed by atoms with van der Waals surface area (Å²) in [5, 5.41) is 3.85. The number of piperidine rings is 1. The maximum absolute atomic E-state index is 3.85. The van der Waals surface area contributed by atoms with Gasteiger partial charge >= 0.3 is 0 Å². The molecule has 0 spiro atoms. The molecule has 3 nitrogen and oxygen atoms in total. The van der Waals surface area contributed by atoms with Crippen LogP contribution in [-0.2, 0) is 0 Å². The summed E-state index contributed by atoms with van der Waals surface area (Å²) in [4.78, 5) is 5.28. The van der Waals surface area contributed by atoms with Crippen molar-refractivity contribution in [2.45, 2.75) is 69.6 Å². The summed E-state index contributed by atoms with van der Waals surface area (Å²) < 4.78 is 0. The Balaban J connectivity index is 1.43. The van der Waals surface area contributed by atoms with Gasteiger partial charge in [0.2, 0.25) is 0 Å². The van der Waals surface area contributed by atoms with Crippen molar-refractivity contribution in [1.29, 1.82) is 0 Å². The molecule has 2 bridgehead atoms. The lowest BCUT2D eigenvalue weighted by molar-refractivity contribution is 0.142. The molecule has 0 aliphatic carbocycles. The van der Waals surface area contributed by atoms with Gasteiger partial charge in [0.1, 0.15) is 0 Å². The summed E-state index contributed by atoms with van der Waals surface area (Å²) in [6.45, 7) is 6.22. The smallest absolute Gasteiger partial charge is 0.0192 e. The van der Waals surface area contributed by atoms with Crippen molar-refractivity contribution < 1.29 is 0 Å². The number of nitrogens with zero attached hydrogens (tertiary/aromatic N) is 2. The molecule has 3 heterocycles. The Labute approximate surface area is 112 Å². The van der Waals surface area contributed by atoms with Gasteiger partial charge in [0.05, 0.1) is 0 Å². The third-order valence-corrected chi connectivity index (χ3v) is 5.56. The quantitative estimate of drug-likeness (QED) is 0.820. The van der Waals surface area contributed by atoms with Crippen molar-refractivity contribution >= 4 is 0 Å². The molecule has 3 aliphatic rings. The van der Waals surface area contributed by atoms with E-state index >= 15 is 0 Å². The molecule has 0 saturated carbocycles. The molecule has 3 unspecified atom stereocenters. The second-order valence-electron chi connectivity index (χ2n) is 6.72. The van der Waals surface area contributed by atoms with Gasteiger partial charge in [0.25, 0.3) is 0 Å². The maximum Gasteiger partial charge on any atom is 0.0192 e. The minimum absolute atomic E-state index is 0.727. The molecule has 3 heteroatoms. The Kier molecular flexibility index (Phi) is 3.92. The monoisotopic (exact) mass is 251 g/mol. The van der Waals surface area contributed by atoms with E-state index in [-0.39, 0.29) is 0 Å². The number of rotatable bonds is 4. The predicted octanol–water partition coefficient (Wildman–Crippen LogP) is 1.69. The number of hydrogen-bond donors (Lipinski definition) is 1. The maximum atomic E-state index is 3.85. The molecule has 3 saturated heterocycles. The summed E-state index contributed by atoms with van der Waals surface area (Å²) in [7, 11) is 2.32. The van der Waals surface area contributed by atoms with E-state index in [1.165, 1.54) is 58.2 Å². The highest BCUT2D eigenvalue weighted by atomic mass is 15.2. The minimum Gasteiger partial charge on any atom is -0.312 e. The third kappa shape index (κ3) is 2.59. The first-order valence-electron chi connectivity index (χ1n) is 7.93. The highest BCUT2D eigenvalue weighted by Crippen LogP contribution is 2.34.